The molecule has 5 heteroatoms. The maximum atomic E-state index is 5.43. The topological polar surface area (TPSA) is 27.7 Å². The van der Waals surface area contributed by atoms with Crippen molar-refractivity contribution in [1.82, 2.24) is 0 Å². The van der Waals surface area contributed by atoms with Crippen molar-refractivity contribution in [3.63, 3.8) is 0 Å². The molecular formula is C21H30O3Si2. The van der Waals surface area contributed by atoms with Gasteiger partial charge in [-0.2, -0.15) is 0 Å². The number of hydrogen-bond donors (Lipinski definition) is 0. The molecule has 140 valence electrons. The van der Waals surface area contributed by atoms with Gasteiger partial charge >= 0.3 is 8.80 Å². The van der Waals surface area contributed by atoms with Gasteiger partial charge in [0, 0.05) is 37.1 Å². The van der Waals surface area contributed by atoms with Crippen LogP contribution in [0.3, 0.4) is 0 Å². The molecule has 0 saturated carbocycles. The molecule has 0 radical (unpaired) electrons. The lowest BCUT2D eigenvalue weighted by Crippen LogP contribution is -2.46. The first-order valence-corrected chi connectivity index (χ1v) is 11.6. The van der Waals surface area contributed by atoms with Crippen molar-refractivity contribution < 1.29 is 13.3 Å². The Bertz CT molecular complexity index is 645. The first-order valence-electron chi connectivity index (χ1n) is 8.68. The molecule has 2 aromatic rings. The van der Waals surface area contributed by atoms with Crippen molar-refractivity contribution in [2.45, 2.75) is 12.5 Å². The summed E-state index contributed by atoms with van der Waals surface area (Å²) in [5.41, 5.74) is 4.75. The Balaban J connectivity index is 0.000000314. The molecule has 0 aliphatic carbocycles. The average Bonchev–Trinajstić information content (AvgIpc) is 2.70. The highest BCUT2D eigenvalue weighted by molar-refractivity contribution is 6.62. The first kappa shape index (κ1) is 22.3. The highest BCUT2D eigenvalue weighted by Crippen LogP contribution is 2.25. The molecular weight excluding hydrogens is 356 g/mol. The Morgan fingerprint density at radius 1 is 0.769 bits per heavy atom. The molecule has 0 aromatic heterocycles. The van der Waals surface area contributed by atoms with E-state index in [4.69, 9.17) is 13.3 Å². The van der Waals surface area contributed by atoms with Crippen LogP contribution in [0.4, 0.5) is 0 Å². The zero-order valence-corrected chi connectivity index (χ0v) is 19.4. The summed E-state index contributed by atoms with van der Waals surface area (Å²) in [4.78, 5) is 0. The molecule has 0 saturated heterocycles. The first-order chi connectivity index (χ1) is 12.6. The lowest BCUT2D eigenvalue weighted by atomic mass is 10.2. The molecule has 1 unspecified atom stereocenters. The minimum absolute atomic E-state index is 0.114. The van der Waals surface area contributed by atoms with Gasteiger partial charge in [-0.25, -0.2) is 0 Å². The van der Waals surface area contributed by atoms with E-state index in [9.17, 15) is 0 Å². The van der Waals surface area contributed by atoms with E-state index in [2.05, 4.69) is 60.3 Å². The van der Waals surface area contributed by atoms with Crippen molar-refractivity contribution >= 4 is 31.2 Å². The standard InChI is InChI=1S/C13H20O3Si.C8H10Si/c1-12(17(14-2,15-3)16-4)10-11-13-8-6-5-7-9-13;9-7-6-8-4-2-1-3-5-8/h5-12H,1-4H3;1-7H,9H3. The molecule has 1 atom stereocenters. The minimum Gasteiger partial charge on any atom is -0.376 e. The maximum absolute atomic E-state index is 5.43. The van der Waals surface area contributed by atoms with E-state index in [1.807, 2.05) is 31.2 Å². The Morgan fingerprint density at radius 2 is 1.19 bits per heavy atom. The van der Waals surface area contributed by atoms with Crippen LogP contribution in [0.2, 0.25) is 5.54 Å². The van der Waals surface area contributed by atoms with Crippen molar-refractivity contribution in [2.75, 3.05) is 21.3 Å². The lowest BCUT2D eigenvalue weighted by Gasteiger charge is -2.28. The minimum atomic E-state index is -2.56. The van der Waals surface area contributed by atoms with Crippen LogP contribution in [-0.2, 0) is 13.3 Å². The lowest BCUT2D eigenvalue weighted by molar-refractivity contribution is 0.118. The molecule has 0 amide bonds. The Kier molecular flexibility index (Phi) is 10.8. The van der Waals surface area contributed by atoms with Crippen LogP contribution in [0.15, 0.2) is 72.4 Å². The van der Waals surface area contributed by atoms with Crippen molar-refractivity contribution in [3.8, 4) is 0 Å². The smallest absolute Gasteiger partial charge is 0.376 e. The molecule has 2 aromatic carbocycles. The largest absolute Gasteiger partial charge is 0.507 e. The maximum Gasteiger partial charge on any atom is 0.507 e. The van der Waals surface area contributed by atoms with Gasteiger partial charge in [-0.15, -0.1) is 5.70 Å². The average molecular weight is 387 g/mol. The van der Waals surface area contributed by atoms with Crippen molar-refractivity contribution in [2.24, 2.45) is 0 Å². The van der Waals surface area contributed by atoms with Crippen LogP contribution in [0, 0.1) is 0 Å². The van der Waals surface area contributed by atoms with Crippen molar-refractivity contribution in [3.05, 3.63) is 83.6 Å². The number of allylic oxidation sites excluding steroid dienone is 1. The van der Waals surface area contributed by atoms with E-state index in [0.717, 1.165) is 15.8 Å². The van der Waals surface area contributed by atoms with E-state index in [1.54, 1.807) is 21.3 Å². The van der Waals surface area contributed by atoms with Gasteiger partial charge in [-0.05, 0) is 11.1 Å². The van der Waals surface area contributed by atoms with Gasteiger partial charge < -0.3 is 13.3 Å². The highest BCUT2D eigenvalue weighted by Gasteiger charge is 2.43. The van der Waals surface area contributed by atoms with Gasteiger partial charge in [0.25, 0.3) is 0 Å². The zero-order valence-electron chi connectivity index (χ0n) is 16.4. The molecule has 3 nitrogen and oxygen atoms in total. The summed E-state index contributed by atoms with van der Waals surface area (Å²) in [5, 5.41) is 0. The van der Waals surface area contributed by atoms with E-state index >= 15 is 0 Å². The Hall–Kier alpha value is -1.77. The number of benzene rings is 2. The molecule has 0 bridgehead atoms. The highest BCUT2D eigenvalue weighted by atomic mass is 28.4. The van der Waals surface area contributed by atoms with E-state index < -0.39 is 8.80 Å². The van der Waals surface area contributed by atoms with Crippen LogP contribution >= 0.6 is 0 Å². The third kappa shape index (κ3) is 7.23. The van der Waals surface area contributed by atoms with E-state index in [0.29, 0.717) is 0 Å². The monoisotopic (exact) mass is 386 g/mol. The normalized spacial score (nSPS) is 12.9. The summed E-state index contributed by atoms with van der Waals surface area (Å²) in [6.45, 7) is 2.04. The molecule has 0 fully saturated rings. The SMILES string of the molecule is CO[Si](OC)(OC)C(C)C=Cc1ccccc1.[SiH3]C=Cc1ccccc1. The molecule has 26 heavy (non-hydrogen) atoms. The summed E-state index contributed by atoms with van der Waals surface area (Å²) >= 11 is 0. The number of hydrogen-bond acceptors (Lipinski definition) is 3. The van der Waals surface area contributed by atoms with Gasteiger partial charge in [-0.1, -0.05) is 85.8 Å². The second-order valence-electron chi connectivity index (χ2n) is 5.69. The summed E-state index contributed by atoms with van der Waals surface area (Å²) in [6.07, 6.45) is 6.27. The fraction of sp³-hybridized carbons (Fsp3) is 0.238. The molecule has 0 aliphatic heterocycles. The van der Waals surface area contributed by atoms with Gasteiger partial charge in [0.1, 0.15) is 0 Å². The summed E-state index contributed by atoms with van der Waals surface area (Å²) in [5.74, 6) is 0. The Labute approximate surface area is 162 Å². The van der Waals surface area contributed by atoms with Crippen LogP contribution in [0.1, 0.15) is 18.1 Å². The molecule has 0 N–H and O–H groups in total. The Morgan fingerprint density at radius 3 is 1.58 bits per heavy atom. The van der Waals surface area contributed by atoms with Crippen LogP contribution < -0.4 is 0 Å². The van der Waals surface area contributed by atoms with E-state index in [1.165, 1.54) is 5.56 Å². The molecule has 0 heterocycles. The van der Waals surface area contributed by atoms with Crippen LogP contribution in [0.5, 0.6) is 0 Å². The van der Waals surface area contributed by atoms with Crippen LogP contribution in [-0.4, -0.2) is 40.4 Å². The summed E-state index contributed by atoms with van der Waals surface area (Å²) in [7, 11) is 3.47. The second kappa shape index (κ2) is 12.6. The molecule has 0 aliphatic rings. The van der Waals surface area contributed by atoms with Gasteiger partial charge in [0.15, 0.2) is 0 Å². The third-order valence-corrected chi connectivity index (χ3v) is 7.30. The van der Waals surface area contributed by atoms with Crippen LogP contribution in [0.25, 0.3) is 12.2 Å². The quantitative estimate of drug-likeness (QED) is 0.674. The van der Waals surface area contributed by atoms with Crippen molar-refractivity contribution in [1.29, 1.82) is 0 Å². The van der Waals surface area contributed by atoms with Gasteiger partial charge in [0.2, 0.25) is 0 Å². The number of rotatable bonds is 7. The molecule has 2 rings (SSSR count). The summed E-state index contributed by atoms with van der Waals surface area (Å²) < 4.78 is 16.3. The predicted octanol–water partition coefficient (Wildman–Crippen LogP) is 3.99. The van der Waals surface area contributed by atoms with Gasteiger partial charge in [-0.3, -0.25) is 0 Å². The predicted molar refractivity (Wildman–Crippen MR) is 117 cm³/mol. The fourth-order valence-corrected chi connectivity index (χ4v) is 4.83. The van der Waals surface area contributed by atoms with Gasteiger partial charge in [0.05, 0.1) is 0 Å². The second-order valence-corrected chi connectivity index (χ2v) is 9.69. The zero-order chi connectivity index (χ0) is 19.3. The fourth-order valence-electron chi connectivity index (χ4n) is 2.50. The van der Waals surface area contributed by atoms with E-state index in [-0.39, 0.29) is 5.54 Å². The summed E-state index contributed by atoms with van der Waals surface area (Å²) in [6, 6.07) is 20.5. The molecule has 0 spiro atoms. The third-order valence-electron chi connectivity index (χ3n) is 3.95.